The van der Waals surface area contributed by atoms with E-state index in [2.05, 4.69) is 15.4 Å². The Labute approximate surface area is 128 Å². The van der Waals surface area contributed by atoms with Crippen LogP contribution in [0.2, 0.25) is 0 Å². The van der Waals surface area contributed by atoms with Gasteiger partial charge in [0.2, 0.25) is 0 Å². The van der Waals surface area contributed by atoms with E-state index in [-0.39, 0.29) is 6.04 Å². The Morgan fingerprint density at radius 3 is 2.59 bits per heavy atom. The zero-order valence-electron chi connectivity index (χ0n) is 13.0. The van der Waals surface area contributed by atoms with Crippen molar-refractivity contribution in [1.82, 2.24) is 20.1 Å². The molecule has 22 heavy (non-hydrogen) atoms. The van der Waals surface area contributed by atoms with Gasteiger partial charge in [-0.2, -0.15) is 5.10 Å². The van der Waals surface area contributed by atoms with Crippen LogP contribution in [-0.4, -0.2) is 26.5 Å². The topological polar surface area (TPSA) is 69.0 Å². The molecule has 0 aliphatic rings. The molecule has 0 bridgehead atoms. The lowest BCUT2D eigenvalue weighted by Gasteiger charge is -2.22. The molecule has 7 heteroatoms. The monoisotopic (exact) mass is 306 g/mol. The van der Waals surface area contributed by atoms with E-state index in [1.54, 1.807) is 39.1 Å². The Morgan fingerprint density at radius 2 is 2.09 bits per heavy atom. The normalized spacial score (nSPS) is 12.8. The number of alkyl carbamates (subject to hydrolysis) is 1. The number of halogens is 1. The van der Waals surface area contributed by atoms with E-state index < -0.39 is 17.5 Å². The van der Waals surface area contributed by atoms with Crippen LogP contribution in [0.15, 0.2) is 30.7 Å². The van der Waals surface area contributed by atoms with Crippen molar-refractivity contribution in [2.24, 2.45) is 0 Å². The summed E-state index contributed by atoms with van der Waals surface area (Å²) in [7, 11) is 0. The molecule has 2 aromatic heterocycles. The van der Waals surface area contributed by atoms with Gasteiger partial charge in [-0.05, 0) is 39.3 Å². The van der Waals surface area contributed by atoms with E-state index >= 15 is 0 Å². The van der Waals surface area contributed by atoms with Crippen molar-refractivity contribution in [2.75, 3.05) is 0 Å². The fourth-order valence-electron chi connectivity index (χ4n) is 1.78. The molecule has 6 nitrogen and oxygen atoms in total. The zero-order chi connectivity index (χ0) is 16.3. The first-order chi connectivity index (χ1) is 10.2. The minimum Gasteiger partial charge on any atom is -0.444 e. The van der Waals surface area contributed by atoms with Crippen molar-refractivity contribution >= 4 is 6.09 Å². The van der Waals surface area contributed by atoms with Crippen molar-refractivity contribution in [3.63, 3.8) is 0 Å². The van der Waals surface area contributed by atoms with Crippen LogP contribution in [-0.2, 0) is 4.74 Å². The first-order valence-electron chi connectivity index (χ1n) is 6.90. The lowest BCUT2D eigenvalue weighted by Crippen LogP contribution is -2.34. The standard InChI is InChI=1S/C15H19FN4O2/c1-10(19-14(21)22-15(2,3)4)11-5-6-13(17-7-11)20-9-12(16)8-18-20/h5-10H,1-4H3,(H,19,21)/t10-/m0/s1. The summed E-state index contributed by atoms with van der Waals surface area (Å²) in [4.78, 5) is 15.9. The third-order valence-corrected chi connectivity index (χ3v) is 2.79. The molecular weight excluding hydrogens is 287 g/mol. The van der Waals surface area contributed by atoms with Crippen molar-refractivity contribution in [1.29, 1.82) is 0 Å². The molecule has 1 N–H and O–H groups in total. The first-order valence-corrected chi connectivity index (χ1v) is 6.90. The maximum atomic E-state index is 12.9. The molecule has 1 amide bonds. The SMILES string of the molecule is C[C@H](NC(=O)OC(C)(C)C)c1ccc(-n2cc(F)cn2)nc1. The highest BCUT2D eigenvalue weighted by molar-refractivity contribution is 5.68. The summed E-state index contributed by atoms with van der Waals surface area (Å²) < 4.78 is 19.5. The van der Waals surface area contributed by atoms with Gasteiger partial charge in [0.15, 0.2) is 11.6 Å². The van der Waals surface area contributed by atoms with Crippen LogP contribution in [0.25, 0.3) is 5.82 Å². The van der Waals surface area contributed by atoms with Gasteiger partial charge >= 0.3 is 6.09 Å². The van der Waals surface area contributed by atoms with Crippen molar-refractivity contribution in [3.05, 3.63) is 42.1 Å². The number of carbonyl (C=O) groups is 1. The molecule has 118 valence electrons. The lowest BCUT2D eigenvalue weighted by molar-refractivity contribution is 0.0508. The fourth-order valence-corrected chi connectivity index (χ4v) is 1.78. The van der Waals surface area contributed by atoms with Crippen LogP contribution in [0.1, 0.15) is 39.3 Å². The van der Waals surface area contributed by atoms with Crippen LogP contribution in [0, 0.1) is 5.82 Å². The molecule has 2 aromatic rings. The summed E-state index contributed by atoms with van der Waals surface area (Å²) in [5, 5.41) is 6.57. The molecular formula is C15H19FN4O2. The van der Waals surface area contributed by atoms with E-state index in [1.807, 2.05) is 6.92 Å². The molecule has 0 unspecified atom stereocenters. The maximum absolute atomic E-state index is 12.9. The lowest BCUT2D eigenvalue weighted by atomic mass is 10.1. The predicted molar refractivity (Wildman–Crippen MR) is 79.1 cm³/mol. The number of ether oxygens (including phenoxy) is 1. The largest absolute Gasteiger partial charge is 0.444 e. The summed E-state index contributed by atoms with van der Waals surface area (Å²) >= 11 is 0. The molecule has 0 fully saturated rings. The number of carbonyl (C=O) groups excluding carboxylic acids is 1. The van der Waals surface area contributed by atoms with Gasteiger partial charge in [0, 0.05) is 6.20 Å². The second-order valence-corrected chi connectivity index (χ2v) is 5.92. The predicted octanol–water partition coefficient (Wildman–Crippen LogP) is 2.99. The van der Waals surface area contributed by atoms with Gasteiger partial charge < -0.3 is 10.1 Å². The molecule has 1 atom stereocenters. The summed E-state index contributed by atoms with van der Waals surface area (Å²) in [5.41, 5.74) is 0.262. The zero-order valence-corrected chi connectivity index (χ0v) is 13.0. The number of hydrogen-bond donors (Lipinski definition) is 1. The summed E-state index contributed by atoms with van der Waals surface area (Å²) in [5.74, 6) is 0.0722. The third kappa shape index (κ3) is 4.28. The molecule has 0 aliphatic carbocycles. The highest BCUT2D eigenvalue weighted by Crippen LogP contribution is 2.15. The van der Waals surface area contributed by atoms with Crippen LogP contribution in [0.5, 0.6) is 0 Å². The second-order valence-electron chi connectivity index (χ2n) is 5.92. The van der Waals surface area contributed by atoms with Gasteiger partial charge in [-0.25, -0.2) is 18.9 Å². The van der Waals surface area contributed by atoms with Crippen LogP contribution < -0.4 is 5.32 Å². The van der Waals surface area contributed by atoms with Crippen LogP contribution in [0.4, 0.5) is 9.18 Å². The fraction of sp³-hybridized carbons (Fsp3) is 0.400. The number of nitrogens with one attached hydrogen (secondary N) is 1. The van der Waals surface area contributed by atoms with Crippen molar-refractivity contribution in [3.8, 4) is 5.82 Å². The van der Waals surface area contributed by atoms with Gasteiger partial charge in [0.25, 0.3) is 0 Å². The molecule has 0 aromatic carbocycles. The average molecular weight is 306 g/mol. The van der Waals surface area contributed by atoms with E-state index in [1.165, 1.54) is 10.9 Å². The quantitative estimate of drug-likeness (QED) is 0.946. The van der Waals surface area contributed by atoms with Crippen LogP contribution >= 0.6 is 0 Å². The molecule has 0 aliphatic heterocycles. The highest BCUT2D eigenvalue weighted by atomic mass is 19.1. The van der Waals surface area contributed by atoms with E-state index in [0.717, 1.165) is 11.8 Å². The van der Waals surface area contributed by atoms with Gasteiger partial charge in [-0.1, -0.05) is 6.07 Å². The number of pyridine rings is 1. The van der Waals surface area contributed by atoms with Crippen molar-refractivity contribution < 1.29 is 13.9 Å². The average Bonchev–Trinajstić information content (AvgIpc) is 2.83. The van der Waals surface area contributed by atoms with E-state index in [4.69, 9.17) is 4.74 Å². The molecule has 0 saturated heterocycles. The minimum absolute atomic E-state index is 0.259. The van der Waals surface area contributed by atoms with E-state index in [9.17, 15) is 9.18 Å². The number of nitrogens with zero attached hydrogens (tertiary/aromatic N) is 3. The Morgan fingerprint density at radius 1 is 1.36 bits per heavy atom. The third-order valence-electron chi connectivity index (χ3n) is 2.79. The molecule has 0 spiro atoms. The van der Waals surface area contributed by atoms with Gasteiger partial charge in [-0.3, -0.25) is 0 Å². The highest BCUT2D eigenvalue weighted by Gasteiger charge is 2.18. The van der Waals surface area contributed by atoms with Gasteiger partial charge in [-0.15, -0.1) is 0 Å². The Bertz CT molecular complexity index is 646. The summed E-state index contributed by atoms with van der Waals surface area (Å²) in [6, 6.07) is 3.24. The summed E-state index contributed by atoms with van der Waals surface area (Å²) in [6.45, 7) is 7.23. The number of hydrogen-bond acceptors (Lipinski definition) is 4. The molecule has 0 saturated carbocycles. The van der Waals surface area contributed by atoms with E-state index in [0.29, 0.717) is 5.82 Å². The Kier molecular flexibility index (Phi) is 4.44. The number of amides is 1. The molecule has 2 heterocycles. The molecule has 2 rings (SSSR count). The molecule has 0 radical (unpaired) electrons. The smallest absolute Gasteiger partial charge is 0.408 e. The van der Waals surface area contributed by atoms with Crippen molar-refractivity contribution in [2.45, 2.75) is 39.3 Å². The Balaban J connectivity index is 2.02. The summed E-state index contributed by atoms with van der Waals surface area (Å²) in [6.07, 6.45) is 3.47. The Hall–Kier alpha value is -2.44. The van der Waals surface area contributed by atoms with Gasteiger partial charge in [0.1, 0.15) is 5.60 Å². The maximum Gasteiger partial charge on any atom is 0.408 e. The first kappa shape index (κ1) is 15.9. The minimum atomic E-state index is -0.546. The second kappa shape index (κ2) is 6.13. The number of rotatable bonds is 3. The number of aromatic nitrogens is 3. The van der Waals surface area contributed by atoms with Crippen LogP contribution in [0.3, 0.4) is 0 Å². The van der Waals surface area contributed by atoms with Gasteiger partial charge in [0.05, 0.1) is 18.4 Å².